The summed E-state index contributed by atoms with van der Waals surface area (Å²) < 4.78 is 4.69. The molecule has 0 unspecified atom stereocenters. The maximum absolute atomic E-state index is 2.39. The Bertz CT molecular complexity index is 1480. The molecule has 2 nitrogen and oxygen atoms in total. The number of benzene rings is 3. The second-order valence-corrected chi connectivity index (χ2v) is 9.98. The summed E-state index contributed by atoms with van der Waals surface area (Å²) in [6, 6.07) is 26.6. The number of aromatic nitrogens is 2. The molecule has 0 radical (unpaired) electrons. The van der Waals surface area contributed by atoms with Gasteiger partial charge in [-0.05, 0) is 47.6 Å². The first-order valence-corrected chi connectivity index (χ1v) is 11.4. The number of hydrogen-bond donors (Lipinski definition) is 0. The first-order valence-electron chi connectivity index (χ1n) is 11.4. The van der Waals surface area contributed by atoms with Crippen LogP contribution in [-0.4, -0.2) is 4.57 Å². The van der Waals surface area contributed by atoms with Crippen LogP contribution >= 0.6 is 0 Å². The van der Waals surface area contributed by atoms with Crippen LogP contribution < -0.4 is 4.57 Å². The highest BCUT2D eigenvalue weighted by molar-refractivity contribution is 5.88. The summed E-state index contributed by atoms with van der Waals surface area (Å²) in [5.41, 5.74) is 9.00. The monoisotopic (exact) mass is 419 g/mol. The minimum Gasteiger partial charge on any atom is -0.344 e. The molecular formula is C30H31N2+. The number of fused-ring (bicyclic) bond motifs is 2. The lowest BCUT2D eigenvalue weighted by atomic mass is 9.84. The molecular weight excluding hydrogens is 388 g/mol. The van der Waals surface area contributed by atoms with Gasteiger partial charge in [-0.15, -0.1) is 0 Å². The molecule has 0 N–H and O–H groups in total. The zero-order valence-corrected chi connectivity index (χ0v) is 19.9. The third-order valence-electron chi connectivity index (χ3n) is 6.74. The SMILES string of the molecule is Cc1c(-c2cc3ccccc3n2C)cc(C(C)(C)C)cc1-[n+]1cc2ccccc2cc1C. The Morgan fingerprint density at radius 1 is 0.750 bits per heavy atom. The van der Waals surface area contributed by atoms with Gasteiger partial charge in [0.25, 0.3) is 0 Å². The lowest BCUT2D eigenvalue weighted by Gasteiger charge is -2.22. The number of rotatable bonds is 2. The summed E-state index contributed by atoms with van der Waals surface area (Å²) in [4.78, 5) is 0. The quantitative estimate of drug-likeness (QED) is 0.268. The second-order valence-electron chi connectivity index (χ2n) is 9.98. The van der Waals surface area contributed by atoms with Crippen LogP contribution in [0, 0.1) is 13.8 Å². The smallest absolute Gasteiger partial charge is 0.214 e. The number of aryl methyl sites for hydroxylation is 2. The van der Waals surface area contributed by atoms with Crippen molar-refractivity contribution in [1.29, 1.82) is 0 Å². The number of para-hydroxylation sites is 1. The Morgan fingerprint density at radius 3 is 2.09 bits per heavy atom. The van der Waals surface area contributed by atoms with E-state index in [1.807, 2.05) is 0 Å². The second kappa shape index (κ2) is 7.34. The van der Waals surface area contributed by atoms with E-state index in [2.05, 4.69) is 130 Å². The van der Waals surface area contributed by atoms with Gasteiger partial charge in [0.15, 0.2) is 11.9 Å². The molecule has 2 aromatic heterocycles. The molecule has 0 aliphatic carbocycles. The predicted molar refractivity (Wildman–Crippen MR) is 136 cm³/mol. The molecule has 0 fully saturated rings. The summed E-state index contributed by atoms with van der Waals surface area (Å²) >= 11 is 0. The van der Waals surface area contributed by atoms with Crippen LogP contribution in [0.4, 0.5) is 0 Å². The molecule has 0 amide bonds. The normalized spacial score (nSPS) is 12.1. The largest absolute Gasteiger partial charge is 0.344 e. The molecule has 32 heavy (non-hydrogen) atoms. The van der Waals surface area contributed by atoms with E-state index in [0.29, 0.717) is 0 Å². The highest BCUT2D eigenvalue weighted by atomic mass is 15.0. The van der Waals surface area contributed by atoms with Crippen LogP contribution in [0.1, 0.15) is 37.6 Å². The van der Waals surface area contributed by atoms with Gasteiger partial charge in [0, 0.05) is 59.2 Å². The average molecular weight is 420 g/mol. The third-order valence-corrected chi connectivity index (χ3v) is 6.74. The van der Waals surface area contributed by atoms with Gasteiger partial charge < -0.3 is 4.57 Å². The Labute approximate surface area is 190 Å². The first-order chi connectivity index (χ1) is 15.2. The molecule has 0 spiro atoms. The summed E-state index contributed by atoms with van der Waals surface area (Å²) in [7, 11) is 2.18. The molecule has 2 heteroatoms. The zero-order valence-electron chi connectivity index (χ0n) is 19.9. The van der Waals surface area contributed by atoms with Crippen molar-refractivity contribution in [3.05, 3.63) is 95.8 Å². The van der Waals surface area contributed by atoms with Crippen molar-refractivity contribution in [3.63, 3.8) is 0 Å². The van der Waals surface area contributed by atoms with Crippen LogP contribution in [0.15, 0.2) is 79.0 Å². The maximum atomic E-state index is 2.39. The lowest BCUT2D eigenvalue weighted by molar-refractivity contribution is -0.601. The topological polar surface area (TPSA) is 8.81 Å². The average Bonchev–Trinajstić information content (AvgIpc) is 3.09. The molecule has 0 aliphatic rings. The maximum Gasteiger partial charge on any atom is 0.214 e. The molecule has 0 saturated heterocycles. The van der Waals surface area contributed by atoms with E-state index >= 15 is 0 Å². The van der Waals surface area contributed by atoms with E-state index < -0.39 is 0 Å². The Kier molecular flexibility index (Phi) is 4.70. The van der Waals surface area contributed by atoms with Crippen molar-refractivity contribution in [2.24, 2.45) is 7.05 Å². The summed E-state index contributed by atoms with van der Waals surface area (Å²) in [6.07, 6.45) is 2.28. The minimum absolute atomic E-state index is 0.0487. The van der Waals surface area contributed by atoms with E-state index in [-0.39, 0.29) is 5.41 Å². The van der Waals surface area contributed by atoms with Crippen molar-refractivity contribution in [2.45, 2.75) is 40.0 Å². The predicted octanol–water partition coefficient (Wildman–Crippen LogP) is 7.19. The Morgan fingerprint density at radius 2 is 1.41 bits per heavy atom. The highest BCUT2D eigenvalue weighted by Crippen LogP contribution is 2.35. The van der Waals surface area contributed by atoms with Gasteiger partial charge in [0.1, 0.15) is 0 Å². The molecule has 5 aromatic rings. The highest BCUT2D eigenvalue weighted by Gasteiger charge is 2.25. The van der Waals surface area contributed by atoms with Gasteiger partial charge in [-0.3, -0.25) is 0 Å². The summed E-state index contributed by atoms with van der Waals surface area (Å²) in [5.74, 6) is 0. The Hall–Kier alpha value is -3.39. The molecule has 0 atom stereocenters. The lowest BCUT2D eigenvalue weighted by Crippen LogP contribution is -2.35. The molecule has 0 bridgehead atoms. The van der Waals surface area contributed by atoms with Crippen molar-refractivity contribution in [1.82, 2.24) is 4.57 Å². The fourth-order valence-electron chi connectivity index (χ4n) is 4.75. The standard InChI is InChI=1S/C30H31N2/c1-20-15-22-11-7-8-13-24(22)19-32(20)28-18-25(30(3,4)5)17-26(21(28)2)29-16-23-12-9-10-14-27(23)31(29)6/h7-19H,1-6H3/q+1. The van der Waals surface area contributed by atoms with Crippen LogP contribution in [0.5, 0.6) is 0 Å². The molecule has 3 aromatic carbocycles. The van der Waals surface area contributed by atoms with Gasteiger partial charge in [-0.2, -0.15) is 4.57 Å². The summed E-state index contributed by atoms with van der Waals surface area (Å²) in [6.45, 7) is 11.3. The molecule has 0 saturated carbocycles. The Balaban J connectivity index is 1.83. The van der Waals surface area contributed by atoms with Crippen LogP contribution in [0.3, 0.4) is 0 Å². The molecule has 2 heterocycles. The molecule has 0 aliphatic heterocycles. The zero-order chi connectivity index (χ0) is 22.6. The van der Waals surface area contributed by atoms with Crippen molar-refractivity contribution < 1.29 is 4.57 Å². The summed E-state index contributed by atoms with van der Waals surface area (Å²) in [5, 5.41) is 3.81. The van der Waals surface area contributed by atoms with Crippen molar-refractivity contribution in [3.8, 4) is 16.9 Å². The fourth-order valence-corrected chi connectivity index (χ4v) is 4.75. The van der Waals surface area contributed by atoms with Crippen molar-refractivity contribution >= 4 is 21.7 Å². The van der Waals surface area contributed by atoms with Gasteiger partial charge in [0.2, 0.25) is 5.69 Å². The van der Waals surface area contributed by atoms with Crippen LogP contribution in [-0.2, 0) is 12.5 Å². The van der Waals surface area contributed by atoms with E-state index in [1.165, 1.54) is 55.4 Å². The van der Waals surface area contributed by atoms with Crippen LogP contribution in [0.25, 0.3) is 38.6 Å². The first kappa shape index (κ1) is 20.5. The third kappa shape index (κ3) is 3.31. The number of nitrogens with zero attached hydrogens (tertiary/aromatic N) is 2. The van der Waals surface area contributed by atoms with Gasteiger partial charge in [0.05, 0.1) is 0 Å². The fraction of sp³-hybridized carbons (Fsp3) is 0.233. The molecule has 160 valence electrons. The number of pyridine rings is 1. The van der Waals surface area contributed by atoms with Gasteiger partial charge >= 0.3 is 0 Å². The minimum atomic E-state index is 0.0487. The van der Waals surface area contributed by atoms with E-state index in [9.17, 15) is 0 Å². The van der Waals surface area contributed by atoms with E-state index in [0.717, 1.165) is 0 Å². The van der Waals surface area contributed by atoms with E-state index in [1.54, 1.807) is 0 Å². The van der Waals surface area contributed by atoms with E-state index in [4.69, 9.17) is 0 Å². The van der Waals surface area contributed by atoms with Gasteiger partial charge in [-0.1, -0.05) is 57.2 Å². The number of hydrogen-bond acceptors (Lipinski definition) is 0. The van der Waals surface area contributed by atoms with Crippen LogP contribution in [0.2, 0.25) is 0 Å². The molecule has 5 rings (SSSR count). The van der Waals surface area contributed by atoms with Crippen molar-refractivity contribution in [2.75, 3.05) is 0 Å². The van der Waals surface area contributed by atoms with Gasteiger partial charge in [-0.25, -0.2) is 0 Å².